The van der Waals surface area contributed by atoms with Crippen LogP contribution in [-0.2, 0) is 28.6 Å². The smallest absolute Gasteiger partial charge is 0.306 e. The highest BCUT2D eigenvalue weighted by Crippen LogP contribution is 2.17. The van der Waals surface area contributed by atoms with Crippen molar-refractivity contribution in [2.24, 2.45) is 0 Å². The van der Waals surface area contributed by atoms with Crippen molar-refractivity contribution in [1.29, 1.82) is 0 Å². The van der Waals surface area contributed by atoms with Gasteiger partial charge in [0.25, 0.3) is 0 Å². The number of hydrogen-bond donors (Lipinski definition) is 0. The van der Waals surface area contributed by atoms with E-state index in [9.17, 15) is 14.4 Å². The van der Waals surface area contributed by atoms with Crippen LogP contribution < -0.4 is 0 Å². The van der Waals surface area contributed by atoms with Crippen molar-refractivity contribution in [3.8, 4) is 0 Å². The standard InChI is InChI=1S/C67H122O6/c1-4-7-10-13-16-19-22-23-24-25-26-27-28-29-30-31-32-33-34-35-36-37-38-39-40-41-42-43-46-48-51-54-57-60-66(69)72-63-64(73-67(70)61-58-55-52-49-45-21-18-15-12-9-6-3)62-71-65(68)59-56-53-50-47-44-20-17-14-11-8-5-2/h14-15,17-18,22-23,25-26,64H,4-13,16,19-21,24,27-63H2,1-3H3/b17-14-,18-15-,23-22-,26-25-. The molecule has 0 aromatic carbocycles. The van der Waals surface area contributed by atoms with Gasteiger partial charge in [-0.3, -0.25) is 14.4 Å². The summed E-state index contributed by atoms with van der Waals surface area (Å²) in [6.45, 7) is 6.57. The number of carbonyl (C=O) groups excluding carboxylic acids is 3. The van der Waals surface area contributed by atoms with Gasteiger partial charge < -0.3 is 14.2 Å². The maximum Gasteiger partial charge on any atom is 0.306 e. The van der Waals surface area contributed by atoms with Crippen LogP contribution in [0.5, 0.6) is 0 Å². The van der Waals surface area contributed by atoms with E-state index >= 15 is 0 Å². The predicted octanol–water partition coefficient (Wildman–Crippen LogP) is 21.8. The molecule has 73 heavy (non-hydrogen) atoms. The Hall–Kier alpha value is -2.63. The van der Waals surface area contributed by atoms with Gasteiger partial charge in [0.2, 0.25) is 0 Å². The van der Waals surface area contributed by atoms with Gasteiger partial charge in [-0.25, -0.2) is 0 Å². The highest BCUT2D eigenvalue weighted by molar-refractivity contribution is 5.71. The lowest BCUT2D eigenvalue weighted by molar-refractivity contribution is -0.167. The molecule has 0 heterocycles. The summed E-state index contributed by atoms with van der Waals surface area (Å²) in [5.74, 6) is -0.881. The lowest BCUT2D eigenvalue weighted by Crippen LogP contribution is -2.30. The van der Waals surface area contributed by atoms with Gasteiger partial charge >= 0.3 is 17.9 Å². The SMILES string of the molecule is CCCC/C=C\CCCCCCCC(=O)OCC(COC(=O)CCCCCCCCCCCCCCCCCCCCCCC/C=C\C/C=C\CCCCCCC)OC(=O)CCCCCCC/C=C\CCCC. The van der Waals surface area contributed by atoms with Crippen molar-refractivity contribution < 1.29 is 28.6 Å². The molecule has 0 aliphatic carbocycles. The van der Waals surface area contributed by atoms with Crippen LogP contribution in [0.25, 0.3) is 0 Å². The van der Waals surface area contributed by atoms with Crippen molar-refractivity contribution in [1.82, 2.24) is 0 Å². The molecule has 1 unspecified atom stereocenters. The third-order valence-electron chi connectivity index (χ3n) is 14.3. The zero-order valence-electron chi connectivity index (χ0n) is 48.9. The van der Waals surface area contributed by atoms with E-state index in [4.69, 9.17) is 14.2 Å². The third kappa shape index (κ3) is 60.1. The maximum atomic E-state index is 12.8. The van der Waals surface area contributed by atoms with Gasteiger partial charge in [-0.15, -0.1) is 0 Å². The third-order valence-corrected chi connectivity index (χ3v) is 14.3. The average Bonchev–Trinajstić information content (AvgIpc) is 3.39. The van der Waals surface area contributed by atoms with Crippen LogP contribution >= 0.6 is 0 Å². The molecule has 0 saturated carbocycles. The predicted molar refractivity (Wildman–Crippen MR) is 316 cm³/mol. The van der Waals surface area contributed by atoms with Crippen molar-refractivity contribution >= 4 is 17.9 Å². The molecule has 0 aromatic rings. The Bertz CT molecular complexity index is 1270. The molecule has 0 bridgehead atoms. The first kappa shape index (κ1) is 70.4. The number of ether oxygens (including phenoxy) is 3. The number of esters is 3. The zero-order valence-corrected chi connectivity index (χ0v) is 48.9. The van der Waals surface area contributed by atoms with Gasteiger partial charge in [-0.2, -0.15) is 0 Å². The van der Waals surface area contributed by atoms with Crippen molar-refractivity contribution in [3.63, 3.8) is 0 Å². The van der Waals surface area contributed by atoms with Gasteiger partial charge in [0.1, 0.15) is 13.2 Å². The second-order valence-corrected chi connectivity index (χ2v) is 21.7. The first-order chi connectivity index (χ1) is 36.0. The normalized spacial score (nSPS) is 12.3. The Morgan fingerprint density at radius 1 is 0.274 bits per heavy atom. The molecule has 426 valence electrons. The Balaban J connectivity index is 3.99. The van der Waals surface area contributed by atoms with Crippen LogP contribution in [0.15, 0.2) is 48.6 Å². The largest absolute Gasteiger partial charge is 0.462 e. The summed E-state index contributed by atoms with van der Waals surface area (Å²) in [6.07, 6.45) is 77.3. The average molecular weight is 1020 g/mol. The number of rotatable bonds is 59. The first-order valence-corrected chi connectivity index (χ1v) is 32.1. The number of unbranched alkanes of at least 4 members (excludes halogenated alkanes) is 40. The molecule has 0 radical (unpaired) electrons. The van der Waals surface area contributed by atoms with Crippen molar-refractivity contribution in [2.75, 3.05) is 13.2 Å². The molecular weight excluding hydrogens is 901 g/mol. The quantitative estimate of drug-likeness (QED) is 0.0261. The second-order valence-electron chi connectivity index (χ2n) is 21.7. The molecule has 0 N–H and O–H groups in total. The van der Waals surface area contributed by atoms with E-state index in [1.54, 1.807) is 0 Å². The van der Waals surface area contributed by atoms with Gasteiger partial charge in [-0.05, 0) is 89.9 Å². The highest BCUT2D eigenvalue weighted by Gasteiger charge is 2.19. The summed E-state index contributed by atoms with van der Waals surface area (Å²) < 4.78 is 16.8. The maximum absolute atomic E-state index is 12.8. The number of hydrogen-bond acceptors (Lipinski definition) is 6. The molecule has 0 aromatic heterocycles. The van der Waals surface area contributed by atoms with Crippen LogP contribution in [0.3, 0.4) is 0 Å². The van der Waals surface area contributed by atoms with E-state index in [0.717, 1.165) is 83.5 Å². The van der Waals surface area contributed by atoms with Gasteiger partial charge in [0.05, 0.1) is 0 Å². The van der Waals surface area contributed by atoms with Gasteiger partial charge in [-0.1, -0.05) is 281 Å². The fourth-order valence-electron chi connectivity index (χ4n) is 9.38. The Morgan fingerprint density at radius 3 is 0.808 bits per heavy atom. The highest BCUT2D eigenvalue weighted by atomic mass is 16.6. The summed E-state index contributed by atoms with van der Waals surface area (Å²) in [5, 5.41) is 0. The van der Waals surface area contributed by atoms with Gasteiger partial charge in [0, 0.05) is 19.3 Å². The summed E-state index contributed by atoms with van der Waals surface area (Å²) in [6, 6.07) is 0. The lowest BCUT2D eigenvalue weighted by Gasteiger charge is -2.18. The zero-order chi connectivity index (χ0) is 52.9. The molecule has 0 aliphatic heterocycles. The molecule has 0 fully saturated rings. The minimum absolute atomic E-state index is 0.0756. The van der Waals surface area contributed by atoms with E-state index in [1.165, 1.54) is 218 Å². The van der Waals surface area contributed by atoms with E-state index in [1.807, 2.05) is 0 Å². The molecule has 0 saturated heterocycles. The molecule has 6 heteroatoms. The molecule has 0 aliphatic rings. The lowest BCUT2D eigenvalue weighted by atomic mass is 10.0. The van der Waals surface area contributed by atoms with E-state index in [2.05, 4.69) is 69.4 Å². The first-order valence-electron chi connectivity index (χ1n) is 32.1. The summed E-state index contributed by atoms with van der Waals surface area (Å²) in [5.41, 5.74) is 0. The minimum Gasteiger partial charge on any atom is -0.462 e. The van der Waals surface area contributed by atoms with E-state index in [-0.39, 0.29) is 31.1 Å². The summed E-state index contributed by atoms with van der Waals surface area (Å²) in [4.78, 5) is 38.1. The van der Waals surface area contributed by atoms with Crippen molar-refractivity contribution in [2.45, 2.75) is 348 Å². The fraction of sp³-hybridized carbons (Fsp3) is 0.836. The molecule has 0 spiro atoms. The molecular formula is C67H122O6. The van der Waals surface area contributed by atoms with Crippen LogP contribution in [-0.4, -0.2) is 37.2 Å². The second kappa shape index (κ2) is 61.9. The van der Waals surface area contributed by atoms with Gasteiger partial charge in [0.15, 0.2) is 6.10 Å². The number of allylic oxidation sites excluding steroid dienone is 8. The van der Waals surface area contributed by atoms with Crippen LogP contribution in [0.4, 0.5) is 0 Å². The summed E-state index contributed by atoms with van der Waals surface area (Å²) >= 11 is 0. The van der Waals surface area contributed by atoms with Crippen LogP contribution in [0.2, 0.25) is 0 Å². The fourth-order valence-corrected chi connectivity index (χ4v) is 9.38. The molecule has 0 amide bonds. The summed E-state index contributed by atoms with van der Waals surface area (Å²) in [7, 11) is 0. The molecule has 1 atom stereocenters. The van der Waals surface area contributed by atoms with E-state index in [0.29, 0.717) is 19.3 Å². The topological polar surface area (TPSA) is 78.9 Å². The Labute approximate surface area is 454 Å². The monoisotopic (exact) mass is 1020 g/mol. The minimum atomic E-state index is -0.777. The van der Waals surface area contributed by atoms with Crippen molar-refractivity contribution in [3.05, 3.63) is 48.6 Å². The van der Waals surface area contributed by atoms with Crippen LogP contribution in [0, 0.1) is 0 Å². The van der Waals surface area contributed by atoms with E-state index < -0.39 is 6.10 Å². The Kier molecular flexibility index (Phi) is 59.7. The number of carbonyl (C=O) groups is 3. The Morgan fingerprint density at radius 2 is 0.507 bits per heavy atom. The molecule has 6 nitrogen and oxygen atoms in total. The molecule has 0 rings (SSSR count). The van der Waals surface area contributed by atoms with Crippen LogP contribution in [0.1, 0.15) is 342 Å².